The number of hydrogen-bond donors (Lipinski definition) is 3. The Bertz CT molecular complexity index is 556. The summed E-state index contributed by atoms with van der Waals surface area (Å²) in [6, 6.07) is 6.91. The van der Waals surface area contributed by atoms with E-state index in [-0.39, 0.29) is 30.8 Å². The minimum Gasteiger partial charge on any atom is -0.384 e. The highest BCUT2D eigenvalue weighted by molar-refractivity contribution is 7.89. The molecule has 0 saturated heterocycles. The summed E-state index contributed by atoms with van der Waals surface area (Å²) < 4.78 is 31.2. The van der Waals surface area contributed by atoms with E-state index >= 15 is 0 Å². The monoisotopic (exact) mass is 299 g/mol. The van der Waals surface area contributed by atoms with Crippen molar-refractivity contribution < 1.29 is 13.2 Å². The molecule has 0 amide bonds. The molecule has 112 valence electrons. The van der Waals surface area contributed by atoms with Gasteiger partial charge in [0.05, 0.1) is 18.5 Å². The zero-order chi connectivity index (χ0) is 15.2. The van der Waals surface area contributed by atoms with E-state index < -0.39 is 10.0 Å². The Labute approximate surface area is 119 Å². The number of rotatable bonds is 8. The maximum atomic E-state index is 11.7. The van der Waals surface area contributed by atoms with Crippen LogP contribution in [0.25, 0.3) is 0 Å². The van der Waals surface area contributed by atoms with Crippen LogP contribution >= 0.6 is 0 Å². The standard InChI is InChI=1S/C13H21N3O3S/c1-10(2)19-6-7-20(17,18)16-9-11-4-3-5-12(8-11)13(14)15/h3-5,8,10,16H,6-7,9H2,1-2H3,(H3,14,15). The number of benzene rings is 1. The molecular formula is C13H21N3O3S. The van der Waals surface area contributed by atoms with Gasteiger partial charge in [-0.1, -0.05) is 18.2 Å². The van der Waals surface area contributed by atoms with Crippen molar-refractivity contribution in [3.05, 3.63) is 35.4 Å². The molecule has 0 spiro atoms. The summed E-state index contributed by atoms with van der Waals surface area (Å²) in [7, 11) is -3.37. The SMILES string of the molecule is CC(C)OCCS(=O)(=O)NCc1cccc(C(=N)N)c1. The van der Waals surface area contributed by atoms with E-state index in [9.17, 15) is 8.42 Å². The predicted octanol–water partition coefficient (Wildman–Crippen LogP) is 0.815. The third kappa shape index (κ3) is 6.14. The smallest absolute Gasteiger partial charge is 0.214 e. The number of hydrogen-bond acceptors (Lipinski definition) is 4. The third-order valence-electron chi connectivity index (χ3n) is 2.54. The molecule has 0 aliphatic heterocycles. The van der Waals surface area contributed by atoms with Crippen LogP contribution in [0.4, 0.5) is 0 Å². The summed E-state index contributed by atoms with van der Waals surface area (Å²) in [5, 5.41) is 7.34. The highest BCUT2D eigenvalue weighted by Gasteiger charge is 2.10. The number of sulfonamides is 1. The van der Waals surface area contributed by atoms with Crippen molar-refractivity contribution in [3.8, 4) is 0 Å². The Hall–Kier alpha value is -1.44. The molecule has 20 heavy (non-hydrogen) atoms. The second-order valence-corrected chi connectivity index (χ2v) is 6.60. The minimum absolute atomic E-state index is 0.0115. The van der Waals surface area contributed by atoms with Crippen molar-refractivity contribution in [1.29, 1.82) is 5.41 Å². The van der Waals surface area contributed by atoms with Crippen molar-refractivity contribution in [3.63, 3.8) is 0 Å². The average Bonchev–Trinajstić information content (AvgIpc) is 2.36. The summed E-state index contributed by atoms with van der Waals surface area (Å²) in [5.41, 5.74) is 6.72. The molecule has 0 aliphatic carbocycles. The summed E-state index contributed by atoms with van der Waals surface area (Å²) >= 11 is 0. The highest BCUT2D eigenvalue weighted by atomic mass is 32.2. The zero-order valence-electron chi connectivity index (χ0n) is 11.7. The fraction of sp³-hybridized carbons (Fsp3) is 0.462. The summed E-state index contributed by atoms with van der Waals surface area (Å²) in [6.07, 6.45) is 0.0115. The Kier molecular flexibility index (Phi) is 6.12. The first-order valence-corrected chi connectivity index (χ1v) is 7.97. The predicted molar refractivity (Wildman–Crippen MR) is 79.2 cm³/mol. The molecule has 0 unspecified atom stereocenters. The van der Waals surface area contributed by atoms with Crippen LogP contribution in [0, 0.1) is 5.41 Å². The van der Waals surface area contributed by atoms with Gasteiger partial charge in [-0.05, 0) is 25.5 Å². The van der Waals surface area contributed by atoms with Crippen molar-refractivity contribution >= 4 is 15.9 Å². The highest BCUT2D eigenvalue weighted by Crippen LogP contribution is 2.05. The van der Waals surface area contributed by atoms with Gasteiger partial charge in [0.15, 0.2) is 0 Å². The largest absolute Gasteiger partial charge is 0.384 e. The van der Waals surface area contributed by atoms with E-state index in [0.29, 0.717) is 5.56 Å². The molecule has 1 aromatic carbocycles. The molecule has 0 saturated carbocycles. The van der Waals surface area contributed by atoms with E-state index in [2.05, 4.69) is 4.72 Å². The van der Waals surface area contributed by atoms with Gasteiger partial charge in [0.25, 0.3) is 0 Å². The van der Waals surface area contributed by atoms with E-state index in [0.717, 1.165) is 5.56 Å². The van der Waals surface area contributed by atoms with Crippen LogP contribution in [-0.4, -0.2) is 32.7 Å². The van der Waals surface area contributed by atoms with Crippen molar-refractivity contribution in [2.24, 2.45) is 5.73 Å². The van der Waals surface area contributed by atoms with Gasteiger partial charge in [-0.2, -0.15) is 0 Å². The van der Waals surface area contributed by atoms with Gasteiger partial charge in [-0.15, -0.1) is 0 Å². The van der Waals surface area contributed by atoms with Crippen LogP contribution in [0.1, 0.15) is 25.0 Å². The quantitative estimate of drug-likeness (QED) is 0.488. The Morgan fingerprint density at radius 3 is 2.75 bits per heavy atom. The first kappa shape index (κ1) is 16.6. The van der Waals surface area contributed by atoms with Gasteiger partial charge < -0.3 is 10.5 Å². The maximum absolute atomic E-state index is 11.7. The molecule has 0 atom stereocenters. The lowest BCUT2D eigenvalue weighted by Gasteiger charge is -2.10. The van der Waals surface area contributed by atoms with Gasteiger partial charge in [0.2, 0.25) is 10.0 Å². The van der Waals surface area contributed by atoms with Crippen LogP contribution in [0.2, 0.25) is 0 Å². The lowest BCUT2D eigenvalue weighted by Crippen LogP contribution is -2.28. The molecular weight excluding hydrogens is 278 g/mol. The number of ether oxygens (including phenoxy) is 1. The van der Waals surface area contributed by atoms with Crippen molar-refractivity contribution in [2.45, 2.75) is 26.5 Å². The first-order valence-electron chi connectivity index (χ1n) is 6.32. The molecule has 1 aromatic rings. The van der Waals surface area contributed by atoms with Gasteiger partial charge in [0.1, 0.15) is 5.84 Å². The molecule has 1 rings (SSSR count). The number of amidine groups is 1. The second kappa shape index (κ2) is 7.37. The number of nitrogen functional groups attached to an aromatic ring is 1. The molecule has 4 N–H and O–H groups in total. The molecule has 0 fully saturated rings. The Morgan fingerprint density at radius 1 is 1.45 bits per heavy atom. The van der Waals surface area contributed by atoms with Gasteiger partial charge in [0, 0.05) is 12.1 Å². The molecule has 0 radical (unpaired) electrons. The van der Waals surface area contributed by atoms with Crippen molar-refractivity contribution in [1.82, 2.24) is 4.72 Å². The lowest BCUT2D eigenvalue weighted by molar-refractivity contribution is 0.0911. The fourth-order valence-electron chi connectivity index (χ4n) is 1.51. The van der Waals surface area contributed by atoms with Gasteiger partial charge >= 0.3 is 0 Å². The van der Waals surface area contributed by atoms with Crippen LogP contribution in [0.5, 0.6) is 0 Å². The second-order valence-electron chi connectivity index (χ2n) is 4.67. The zero-order valence-corrected chi connectivity index (χ0v) is 12.5. The van der Waals surface area contributed by atoms with Crippen LogP contribution in [0.15, 0.2) is 24.3 Å². The summed E-state index contributed by atoms with van der Waals surface area (Å²) in [5.74, 6) is -0.113. The minimum atomic E-state index is -3.37. The molecule has 0 heterocycles. The molecule has 6 nitrogen and oxygen atoms in total. The normalized spacial score (nSPS) is 11.8. The maximum Gasteiger partial charge on any atom is 0.214 e. The Balaban J connectivity index is 2.53. The molecule has 7 heteroatoms. The first-order chi connectivity index (χ1) is 9.30. The molecule has 0 aliphatic rings. The van der Waals surface area contributed by atoms with E-state index in [1.54, 1.807) is 24.3 Å². The Morgan fingerprint density at radius 2 is 2.15 bits per heavy atom. The van der Waals surface area contributed by atoms with Crippen molar-refractivity contribution in [2.75, 3.05) is 12.4 Å². The summed E-state index contributed by atoms with van der Waals surface area (Å²) in [4.78, 5) is 0. The topological polar surface area (TPSA) is 105 Å². The van der Waals surface area contributed by atoms with E-state index in [1.807, 2.05) is 13.8 Å². The van der Waals surface area contributed by atoms with E-state index in [1.165, 1.54) is 0 Å². The third-order valence-corrected chi connectivity index (χ3v) is 3.83. The number of nitrogens with two attached hydrogens (primary N) is 1. The van der Waals surface area contributed by atoms with Crippen LogP contribution in [0.3, 0.4) is 0 Å². The lowest BCUT2D eigenvalue weighted by atomic mass is 10.1. The van der Waals surface area contributed by atoms with E-state index in [4.69, 9.17) is 15.9 Å². The average molecular weight is 299 g/mol. The molecule has 0 bridgehead atoms. The summed E-state index contributed by atoms with van der Waals surface area (Å²) in [6.45, 7) is 4.05. The fourth-order valence-corrected chi connectivity index (χ4v) is 2.35. The van der Waals surface area contributed by atoms with Gasteiger partial charge in [-0.25, -0.2) is 13.1 Å². The van der Waals surface area contributed by atoms with Crippen LogP contribution in [-0.2, 0) is 21.3 Å². The van der Waals surface area contributed by atoms with Gasteiger partial charge in [-0.3, -0.25) is 5.41 Å². The molecule has 0 aromatic heterocycles. The number of nitrogens with one attached hydrogen (secondary N) is 2. The van der Waals surface area contributed by atoms with Crippen LogP contribution < -0.4 is 10.5 Å².